The molecule has 9 nitrogen and oxygen atoms in total. The number of nitrogens with two attached hydrogens (primary N) is 1. The van der Waals surface area contributed by atoms with Gasteiger partial charge >= 0.3 is 0 Å². The molecule has 9 heteroatoms. The summed E-state index contributed by atoms with van der Waals surface area (Å²) in [6.07, 6.45) is 2.03. The Bertz CT molecular complexity index is 1580. The highest BCUT2D eigenvalue weighted by molar-refractivity contribution is 5.95. The number of nitrogens with one attached hydrogen (secondary N) is 2. The molecule has 0 aliphatic heterocycles. The van der Waals surface area contributed by atoms with Crippen molar-refractivity contribution < 1.29 is 24.6 Å². The number of phenols is 2. The smallest absolute Gasteiger partial charge is 0.271 e. The Labute approximate surface area is 264 Å². The number of benzene rings is 4. The number of para-hydroxylation sites is 2. The molecule has 0 unspecified atom stereocenters. The zero-order chi connectivity index (χ0) is 33.6. The first-order valence-electron chi connectivity index (χ1n) is 14.2. The van der Waals surface area contributed by atoms with Crippen molar-refractivity contribution in [3.63, 3.8) is 0 Å². The molecule has 0 saturated heterocycles. The van der Waals surface area contributed by atoms with E-state index in [-0.39, 0.29) is 34.1 Å². The van der Waals surface area contributed by atoms with Crippen molar-refractivity contribution in [1.29, 1.82) is 0 Å². The molecule has 0 bridgehead atoms. The number of hydrazine groups is 1. The van der Waals surface area contributed by atoms with Gasteiger partial charge in [0.25, 0.3) is 11.8 Å². The van der Waals surface area contributed by atoms with E-state index in [9.17, 15) is 19.5 Å². The van der Waals surface area contributed by atoms with E-state index in [0.29, 0.717) is 28.5 Å². The van der Waals surface area contributed by atoms with Crippen LogP contribution in [0.3, 0.4) is 0 Å². The molecular formula is C36H42N4O5. The minimum Gasteiger partial charge on any atom is -0.507 e. The Balaban J connectivity index is 0.000000261. The maximum absolute atomic E-state index is 12.0. The highest BCUT2D eigenvalue weighted by Crippen LogP contribution is 2.23. The third kappa shape index (κ3) is 11.7. The van der Waals surface area contributed by atoms with E-state index in [1.165, 1.54) is 23.4 Å². The van der Waals surface area contributed by atoms with Gasteiger partial charge in [0.05, 0.1) is 11.8 Å². The molecule has 0 aliphatic rings. The van der Waals surface area contributed by atoms with Crippen LogP contribution in [0.2, 0.25) is 0 Å². The molecule has 0 heterocycles. The monoisotopic (exact) mass is 610 g/mol. The van der Waals surface area contributed by atoms with Crippen molar-refractivity contribution in [3.05, 3.63) is 130 Å². The van der Waals surface area contributed by atoms with Crippen LogP contribution < -0.4 is 16.7 Å². The van der Waals surface area contributed by atoms with Gasteiger partial charge in [-0.05, 0) is 70.5 Å². The molecule has 4 aromatic rings. The van der Waals surface area contributed by atoms with Crippen molar-refractivity contribution in [1.82, 2.24) is 10.9 Å². The van der Waals surface area contributed by atoms with Crippen LogP contribution in [-0.2, 0) is 10.8 Å². The van der Waals surface area contributed by atoms with Gasteiger partial charge in [-0.3, -0.25) is 19.8 Å². The molecule has 0 spiro atoms. The Hall–Kier alpha value is -5.28. The van der Waals surface area contributed by atoms with Gasteiger partial charge in [0, 0.05) is 16.7 Å². The predicted molar refractivity (Wildman–Crippen MR) is 179 cm³/mol. The largest absolute Gasteiger partial charge is 0.507 e. The number of hydrogen-bond donors (Lipinski definition) is 5. The van der Waals surface area contributed by atoms with Crippen molar-refractivity contribution in [2.45, 2.75) is 52.4 Å². The van der Waals surface area contributed by atoms with E-state index in [0.717, 1.165) is 0 Å². The summed E-state index contributed by atoms with van der Waals surface area (Å²) in [5, 5.41) is 22.3. The van der Waals surface area contributed by atoms with Crippen molar-refractivity contribution in [3.8, 4) is 11.5 Å². The van der Waals surface area contributed by atoms with Gasteiger partial charge in [-0.25, -0.2) is 11.3 Å². The molecule has 236 valence electrons. The maximum atomic E-state index is 12.0. The number of hydrogen-bond acceptors (Lipinski definition) is 7. The Morgan fingerprint density at radius 3 is 1.40 bits per heavy atom. The number of rotatable bonds is 5. The molecule has 0 aliphatic carbocycles. The third-order valence-corrected chi connectivity index (χ3v) is 6.53. The van der Waals surface area contributed by atoms with Crippen LogP contribution in [0.5, 0.6) is 11.5 Å². The molecule has 0 saturated carbocycles. The van der Waals surface area contributed by atoms with Gasteiger partial charge < -0.3 is 10.2 Å². The van der Waals surface area contributed by atoms with E-state index < -0.39 is 0 Å². The van der Waals surface area contributed by atoms with Gasteiger partial charge in [-0.1, -0.05) is 90.1 Å². The summed E-state index contributed by atoms with van der Waals surface area (Å²) in [5.74, 6) is 4.64. The number of amides is 2. The van der Waals surface area contributed by atoms with E-state index >= 15 is 0 Å². The lowest BCUT2D eigenvalue weighted by atomic mass is 9.87. The highest BCUT2D eigenvalue weighted by Gasteiger charge is 2.15. The van der Waals surface area contributed by atoms with Crippen LogP contribution in [-0.4, -0.2) is 34.5 Å². The van der Waals surface area contributed by atoms with Crippen molar-refractivity contribution in [2.75, 3.05) is 0 Å². The molecule has 45 heavy (non-hydrogen) atoms. The van der Waals surface area contributed by atoms with Crippen molar-refractivity contribution >= 4 is 24.3 Å². The summed E-state index contributed by atoms with van der Waals surface area (Å²) in [5.41, 5.74) is 9.09. The number of nitrogens with zero attached hydrogens (tertiary/aromatic N) is 1. The summed E-state index contributed by atoms with van der Waals surface area (Å²) in [7, 11) is 0. The lowest BCUT2D eigenvalue weighted by Crippen LogP contribution is -2.30. The molecular weight excluding hydrogens is 568 g/mol. The van der Waals surface area contributed by atoms with E-state index in [1.807, 2.05) is 24.3 Å². The number of hydrazone groups is 1. The van der Waals surface area contributed by atoms with E-state index in [4.69, 9.17) is 10.9 Å². The van der Waals surface area contributed by atoms with E-state index in [2.05, 4.69) is 57.5 Å². The SMILES string of the molecule is CC(C)(C)c1ccc(C(=O)N/N=C/c2ccccc2O)cc1.CC(C)(C)c1ccc(C(=O)NN)cc1.O=Cc1ccccc1O. The summed E-state index contributed by atoms with van der Waals surface area (Å²) in [4.78, 5) is 33.2. The van der Waals surface area contributed by atoms with Gasteiger partial charge in [0.2, 0.25) is 0 Å². The second kappa shape index (κ2) is 16.5. The number of aromatic hydroxyl groups is 2. The summed E-state index contributed by atoms with van der Waals surface area (Å²) >= 11 is 0. The van der Waals surface area contributed by atoms with Gasteiger partial charge in [-0.15, -0.1) is 0 Å². The van der Waals surface area contributed by atoms with Gasteiger partial charge in [0.15, 0.2) is 6.29 Å². The molecule has 0 aromatic heterocycles. The van der Waals surface area contributed by atoms with Crippen LogP contribution in [0.15, 0.2) is 102 Å². The Kier molecular flexibility index (Phi) is 13.2. The fourth-order valence-corrected chi connectivity index (χ4v) is 3.74. The molecule has 0 atom stereocenters. The van der Waals surface area contributed by atoms with Crippen LogP contribution in [0.1, 0.15) is 89.3 Å². The number of aldehydes is 1. The van der Waals surface area contributed by atoms with Gasteiger partial charge in [0.1, 0.15) is 11.5 Å². The molecule has 4 rings (SSSR count). The summed E-state index contributed by atoms with van der Waals surface area (Å²) < 4.78 is 0. The third-order valence-electron chi connectivity index (χ3n) is 6.53. The molecule has 6 N–H and O–H groups in total. The second-order valence-electron chi connectivity index (χ2n) is 12.1. The molecule has 4 aromatic carbocycles. The standard InChI is InChI=1S/C18H20N2O2.C11H16N2O.C7H6O2/c1-18(2,3)15-10-8-13(9-11-15)17(22)20-19-12-14-6-4-5-7-16(14)21;1-11(2,3)9-6-4-8(5-7-9)10(14)13-12;8-5-6-3-1-2-4-7(6)9/h4-12,21H,1-3H3,(H,20,22);4-7H,12H2,1-3H3,(H,13,14);1-5,9H/b19-12+;;. The fourth-order valence-electron chi connectivity index (χ4n) is 3.74. The Morgan fingerprint density at radius 2 is 1.04 bits per heavy atom. The second-order valence-corrected chi connectivity index (χ2v) is 12.1. The van der Waals surface area contributed by atoms with Crippen LogP contribution in [0.4, 0.5) is 0 Å². The first kappa shape index (κ1) is 35.9. The maximum Gasteiger partial charge on any atom is 0.271 e. The van der Waals surface area contributed by atoms with E-state index in [1.54, 1.807) is 66.7 Å². The lowest BCUT2D eigenvalue weighted by Gasteiger charge is -2.18. The molecule has 0 radical (unpaired) electrons. The van der Waals surface area contributed by atoms with Crippen LogP contribution in [0.25, 0.3) is 0 Å². The number of phenolic OH excluding ortho intramolecular Hbond substituents is 2. The normalized spacial score (nSPS) is 10.9. The van der Waals surface area contributed by atoms with Gasteiger partial charge in [-0.2, -0.15) is 5.10 Å². The molecule has 0 fully saturated rings. The lowest BCUT2D eigenvalue weighted by molar-refractivity contribution is 0.0946. The number of carbonyl (C=O) groups excluding carboxylic acids is 3. The zero-order valence-corrected chi connectivity index (χ0v) is 26.5. The minimum atomic E-state index is -0.285. The molecule has 2 amide bonds. The Morgan fingerprint density at radius 1 is 0.644 bits per heavy atom. The quantitative estimate of drug-likeness (QED) is 0.0592. The number of nitrogen functional groups attached to an aromatic ring is 1. The minimum absolute atomic E-state index is 0.0347. The van der Waals surface area contributed by atoms with Crippen molar-refractivity contribution in [2.24, 2.45) is 10.9 Å². The summed E-state index contributed by atoms with van der Waals surface area (Å²) in [6.45, 7) is 12.8. The average molecular weight is 611 g/mol. The highest BCUT2D eigenvalue weighted by atomic mass is 16.3. The van der Waals surface area contributed by atoms with Crippen LogP contribution >= 0.6 is 0 Å². The zero-order valence-electron chi connectivity index (χ0n) is 26.5. The average Bonchev–Trinajstić information content (AvgIpc) is 3.01. The van der Waals surface area contributed by atoms with Crippen LogP contribution in [0, 0.1) is 0 Å². The number of carbonyl (C=O) groups is 3. The first-order chi connectivity index (χ1) is 21.2. The fraction of sp³-hybridized carbons (Fsp3) is 0.222. The topological polar surface area (TPSA) is 154 Å². The first-order valence-corrected chi connectivity index (χ1v) is 14.2. The predicted octanol–water partition coefficient (Wildman–Crippen LogP) is 6.25. The summed E-state index contributed by atoms with van der Waals surface area (Å²) in [6, 6.07) is 28.1.